The maximum absolute atomic E-state index is 14.5. The summed E-state index contributed by atoms with van der Waals surface area (Å²) in [6, 6.07) is 0. The van der Waals surface area contributed by atoms with Crippen molar-refractivity contribution >= 4 is 17.9 Å². The quantitative estimate of drug-likeness (QED) is 0.132. The first-order chi connectivity index (χ1) is 32.7. The molecule has 3 aliphatic heterocycles. The van der Waals surface area contributed by atoms with E-state index in [4.69, 9.17) is 42.6 Å². The molecule has 0 radical (unpaired) electrons. The molecule has 12 bridgehead atoms. The molecule has 8 atom stereocenters. The average Bonchev–Trinajstić information content (AvgIpc) is 3.43. The molecule has 12 nitrogen and oxygen atoms in total. The lowest BCUT2D eigenvalue weighted by molar-refractivity contribution is -0.403. The standard InChI is InChI=1S/C48H58F10O12/c1-38(49,50)35(59)70-41-10-26-6-32(15-41)48(33(7-26)16-41)64-18-27(17-62-36(60)39-8-24-2-28(11-39)46(29(3-24)12-39)65-20-42(51,52)43(53,54)21-66-46)34(69-48)19-63-37(61)40-9-25-4-30(13-40)47(31(5-25)14-40)67-22-44(55,56)45(57,58)23-68-47/h24-34H,2-23H2,1H3. The molecule has 3 spiro atoms. The Kier molecular flexibility index (Phi) is 10.6. The van der Waals surface area contributed by atoms with Crippen LogP contribution in [0.4, 0.5) is 43.9 Å². The van der Waals surface area contributed by atoms with Crippen molar-refractivity contribution in [1.82, 2.24) is 0 Å². The molecule has 0 N–H and O–H groups in total. The average molecular weight is 1020 g/mol. The van der Waals surface area contributed by atoms with Crippen LogP contribution >= 0.6 is 0 Å². The Labute approximate surface area is 396 Å². The van der Waals surface area contributed by atoms with Gasteiger partial charge in [0.15, 0.2) is 17.4 Å². The van der Waals surface area contributed by atoms with E-state index in [9.17, 15) is 58.3 Å². The van der Waals surface area contributed by atoms with Crippen LogP contribution in [-0.2, 0) is 57.0 Å². The highest BCUT2D eigenvalue weighted by molar-refractivity contribution is 5.79. The summed E-state index contributed by atoms with van der Waals surface area (Å²) in [6.07, 6.45) is 3.92. The van der Waals surface area contributed by atoms with Crippen LogP contribution in [0, 0.1) is 70.0 Å². The normalized spacial score (nSPS) is 47.8. The van der Waals surface area contributed by atoms with Gasteiger partial charge in [-0.3, -0.25) is 9.59 Å². The van der Waals surface area contributed by atoms with Crippen LogP contribution in [0.25, 0.3) is 0 Å². The second kappa shape index (κ2) is 15.3. The van der Waals surface area contributed by atoms with Gasteiger partial charge in [-0.15, -0.1) is 0 Å². The summed E-state index contributed by atoms with van der Waals surface area (Å²) in [5.74, 6) is -33.2. The van der Waals surface area contributed by atoms with Crippen molar-refractivity contribution in [2.24, 2.45) is 70.0 Å². The van der Waals surface area contributed by atoms with E-state index in [1.165, 1.54) is 0 Å². The van der Waals surface area contributed by atoms with Gasteiger partial charge in [0.05, 0.1) is 24.0 Å². The molecular weight excluding hydrogens is 958 g/mol. The van der Waals surface area contributed by atoms with Crippen molar-refractivity contribution in [3.8, 4) is 0 Å². The molecule has 70 heavy (non-hydrogen) atoms. The number of esters is 3. The van der Waals surface area contributed by atoms with E-state index in [-0.39, 0.29) is 76.1 Å². The fourth-order valence-electron chi connectivity index (χ4n) is 17.0. The van der Waals surface area contributed by atoms with Crippen molar-refractivity contribution in [2.45, 2.75) is 162 Å². The van der Waals surface area contributed by atoms with Crippen molar-refractivity contribution in [2.75, 3.05) is 46.2 Å². The Morgan fingerprint density at radius 1 is 0.500 bits per heavy atom. The van der Waals surface area contributed by atoms with Crippen molar-refractivity contribution in [1.29, 1.82) is 0 Å². The largest absolute Gasteiger partial charge is 0.465 e. The van der Waals surface area contributed by atoms with E-state index in [0.29, 0.717) is 64.7 Å². The zero-order valence-electron chi connectivity index (χ0n) is 38.6. The molecule has 0 amide bonds. The Morgan fingerprint density at radius 2 is 0.871 bits per heavy atom. The summed E-state index contributed by atoms with van der Waals surface area (Å²) in [7, 11) is 0. The molecule has 15 fully saturated rings. The number of carbonyl (C=O) groups is 3. The van der Waals surface area contributed by atoms with Crippen LogP contribution in [-0.4, -0.2) is 123 Å². The Morgan fingerprint density at radius 3 is 1.27 bits per heavy atom. The van der Waals surface area contributed by atoms with Crippen LogP contribution in [0.1, 0.15) is 103 Å². The molecule has 15 rings (SSSR count). The van der Waals surface area contributed by atoms with Crippen molar-refractivity contribution < 1.29 is 101 Å². The molecular formula is C48H58F10O12. The second-order valence-corrected chi connectivity index (χ2v) is 24.1. The van der Waals surface area contributed by atoms with E-state index < -0.39 is 155 Å². The topological polar surface area (TPSA) is 134 Å². The molecule has 0 aromatic heterocycles. The van der Waals surface area contributed by atoms with Crippen LogP contribution < -0.4 is 0 Å². The number of ether oxygens (including phenoxy) is 9. The fraction of sp³-hybridized carbons (Fsp3) is 0.938. The lowest BCUT2D eigenvalue weighted by Gasteiger charge is -2.65. The van der Waals surface area contributed by atoms with Gasteiger partial charge in [-0.05, 0) is 114 Å². The highest BCUT2D eigenvalue weighted by atomic mass is 19.3. The third-order valence-electron chi connectivity index (χ3n) is 19.6. The van der Waals surface area contributed by atoms with E-state index >= 15 is 0 Å². The van der Waals surface area contributed by atoms with Gasteiger partial charge in [-0.25, -0.2) is 4.79 Å². The third-order valence-corrected chi connectivity index (χ3v) is 19.6. The van der Waals surface area contributed by atoms with Gasteiger partial charge in [0.2, 0.25) is 0 Å². The van der Waals surface area contributed by atoms with E-state index in [1.54, 1.807) is 0 Å². The minimum atomic E-state index is -4.46. The van der Waals surface area contributed by atoms with Gasteiger partial charge in [-0.2, -0.15) is 43.9 Å². The minimum absolute atomic E-state index is 0.0306. The SMILES string of the molecule is CC(F)(F)C(=O)OC12CC3CC(C1)C1(OCC(COC(=O)C45CC6CC(C4)C4(OCC(F)(F)C(F)(F)CO4)C(C6)C5)C(COC(=O)C45CC6CC(C4)C4(OCC(F)(F)C(F)(F)CO4)C(C6)C5)O1)C(C3)C2. The molecule has 8 unspecified atom stereocenters. The summed E-state index contributed by atoms with van der Waals surface area (Å²) >= 11 is 0. The lowest BCUT2D eigenvalue weighted by atomic mass is 9.47. The van der Waals surface area contributed by atoms with Gasteiger partial charge in [-0.1, -0.05) is 0 Å². The molecule has 12 saturated carbocycles. The highest BCUT2D eigenvalue weighted by Gasteiger charge is 2.73. The highest BCUT2D eigenvalue weighted by Crippen LogP contribution is 2.69. The third kappa shape index (κ3) is 7.05. The summed E-state index contributed by atoms with van der Waals surface area (Å²) in [5, 5.41) is 0. The predicted octanol–water partition coefficient (Wildman–Crippen LogP) is 8.26. The predicted molar refractivity (Wildman–Crippen MR) is 213 cm³/mol. The molecule has 22 heteroatoms. The molecule has 12 aliphatic carbocycles. The smallest absolute Gasteiger partial charge is 0.377 e. The zero-order valence-corrected chi connectivity index (χ0v) is 38.6. The summed E-state index contributed by atoms with van der Waals surface area (Å²) < 4.78 is 198. The number of hydrogen-bond acceptors (Lipinski definition) is 12. The van der Waals surface area contributed by atoms with Crippen LogP contribution in [0.5, 0.6) is 0 Å². The van der Waals surface area contributed by atoms with Gasteiger partial charge >= 0.3 is 47.5 Å². The summed E-state index contributed by atoms with van der Waals surface area (Å²) in [4.78, 5) is 41.5. The number of hydrogen-bond donors (Lipinski definition) is 0. The van der Waals surface area contributed by atoms with Gasteiger partial charge < -0.3 is 42.6 Å². The maximum Gasteiger partial charge on any atom is 0.377 e. The molecule has 15 aliphatic rings. The van der Waals surface area contributed by atoms with E-state index in [1.807, 2.05) is 0 Å². The molecule has 392 valence electrons. The first-order valence-corrected chi connectivity index (χ1v) is 25.0. The first-order valence-electron chi connectivity index (χ1n) is 25.0. The van der Waals surface area contributed by atoms with Crippen molar-refractivity contribution in [3.05, 3.63) is 0 Å². The number of carbonyl (C=O) groups excluding carboxylic acids is 3. The van der Waals surface area contributed by atoms with Crippen molar-refractivity contribution in [3.63, 3.8) is 0 Å². The van der Waals surface area contributed by atoms with Crippen LogP contribution in [0.2, 0.25) is 0 Å². The second-order valence-electron chi connectivity index (χ2n) is 24.1. The van der Waals surface area contributed by atoms with Crippen LogP contribution in [0.15, 0.2) is 0 Å². The Bertz CT molecular complexity index is 2080. The van der Waals surface area contributed by atoms with E-state index in [0.717, 1.165) is 0 Å². The molecule has 0 aromatic rings. The monoisotopic (exact) mass is 1020 g/mol. The summed E-state index contributed by atoms with van der Waals surface area (Å²) in [6.45, 7) is -6.30. The molecule has 0 aromatic carbocycles. The molecule has 3 saturated heterocycles. The van der Waals surface area contributed by atoms with Gasteiger partial charge in [0, 0.05) is 48.3 Å². The van der Waals surface area contributed by atoms with E-state index in [2.05, 4.69) is 0 Å². The first kappa shape index (κ1) is 48.4. The Balaban J connectivity index is 0.772. The minimum Gasteiger partial charge on any atom is -0.465 e. The van der Waals surface area contributed by atoms with Gasteiger partial charge in [0.25, 0.3) is 0 Å². The van der Waals surface area contributed by atoms with Gasteiger partial charge in [0.1, 0.15) is 44.7 Å². The number of halogens is 10. The number of alkyl halides is 10. The molecule has 3 heterocycles. The zero-order chi connectivity index (χ0) is 49.5. The maximum atomic E-state index is 14.5. The lowest BCUT2D eigenvalue weighted by Crippen LogP contribution is -2.70. The Hall–Kier alpha value is -2.53. The van der Waals surface area contributed by atoms with Crippen LogP contribution in [0.3, 0.4) is 0 Å². The summed E-state index contributed by atoms with van der Waals surface area (Å²) in [5.41, 5.74) is -3.35. The number of rotatable bonds is 8. The fourth-order valence-corrected chi connectivity index (χ4v) is 17.0.